The Morgan fingerprint density at radius 2 is 1.73 bits per heavy atom. The molecule has 0 aromatic heterocycles. The van der Waals surface area contributed by atoms with Gasteiger partial charge in [0.1, 0.15) is 5.75 Å². The molecule has 0 aliphatic rings. The lowest BCUT2D eigenvalue weighted by Gasteiger charge is -2.16. The molecule has 0 unspecified atom stereocenters. The second kappa shape index (κ2) is 5.17. The van der Waals surface area contributed by atoms with Gasteiger partial charge in [0.25, 0.3) is 0 Å². The average Bonchev–Trinajstić information content (AvgIpc) is 2.11. The molecule has 0 fully saturated rings. The average molecular weight is 207 g/mol. The van der Waals surface area contributed by atoms with E-state index in [1.807, 2.05) is 13.8 Å². The number of hydrogen-bond acceptors (Lipinski definition) is 2. The molecule has 0 spiro atoms. The summed E-state index contributed by atoms with van der Waals surface area (Å²) >= 11 is 0. The van der Waals surface area contributed by atoms with Crippen molar-refractivity contribution < 1.29 is 4.74 Å². The Bertz CT molecular complexity index is 308. The predicted molar refractivity (Wildman–Crippen MR) is 64.4 cm³/mol. The highest BCUT2D eigenvalue weighted by molar-refractivity contribution is 5.43. The molecule has 0 aliphatic heterocycles. The molecule has 0 atom stereocenters. The summed E-state index contributed by atoms with van der Waals surface area (Å²) in [6, 6.07) is 4.33. The summed E-state index contributed by atoms with van der Waals surface area (Å²) in [7, 11) is 0. The fourth-order valence-corrected chi connectivity index (χ4v) is 1.77. The van der Waals surface area contributed by atoms with Crippen molar-refractivity contribution in [3.05, 3.63) is 28.8 Å². The SMILES string of the molecule is Cc1cc(CCN)cc(C)c1OC(C)C. The van der Waals surface area contributed by atoms with Crippen molar-refractivity contribution in [2.45, 2.75) is 40.2 Å². The number of nitrogens with two attached hydrogens (primary N) is 1. The number of rotatable bonds is 4. The van der Waals surface area contributed by atoms with Crippen molar-refractivity contribution >= 4 is 0 Å². The lowest BCUT2D eigenvalue weighted by atomic mass is 10.0. The van der Waals surface area contributed by atoms with Crippen LogP contribution in [0, 0.1) is 13.8 Å². The minimum absolute atomic E-state index is 0.225. The topological polar surface area (TPSA) is 35.2 Å². The van der Waals surface area contributed by atoms with E-state index >= 15 is 0 Å². The highest BCUT2D eigenvalue weighted by Crippen LogP contribution is 2.25. The van der Waals surface area contributed by atoms with E-state index in [4.69, 9.17) is 10.5 Å². The second-order valence-electron chi connectivity index (χ2n) is 4.26. The van der Waals surface area contributed by atoms with Gasteiger partial charge in [0, 0.05) is 0 Å². The highest BCUT2D eigenvalue weighted by Gasteiger charge is 2.07. The van der Waals surface area contributed by atoms with Crippen LogP contribution in [0.25, 0.3) is 0 Å². The smallest absolute Gasteiger partial charge is 0.125 e. The van der Waals surface area contributed by atoms with Crippen LogP contribution in [-0.2, 0) is 6.42 Å². The Hall–Kier alpha value is -1.02. The molecule has 2 heteroatoms. The summed E-state index contributed by atoms with van der Waals surface area (Å²) in [5.41, 5.74) is 9.25. The van der Waals surface area contributed by atoms with E-state index in [0.717, 1.165) is 12.2 Å². The van der Waals surface area contributed by atoms with Gasteiger partial charge in [-0.25, -0.2) is 0 Å². The van der Waals surface area contributed by atoms with Crippen LogP contribution < -0.4 is 10.5 Å². The number of ether oxygens (including phenoxy) is 1. The molecule has 0 aliphatic carbocycles. The highest BCUT2D eigenvalue weighted by atomic mass is 16.5. The summed E-state index contributed by atoms with van der Waals surface area (Å²) in [5, 5.41) is 0. The monoisotopic (exact) mass is 207 g/mol. The minimum atomic E-state index is 0.225. The summed E-state index contributed by atoms with van der Waals surface area (Å²) in [5.74, 6) is 1.02. The van der Waals surface area contributed by atoms with Gasteiger partial charge in [-0.05, 0) is 57.4 Å². The van der Waals surface area contributed by atoms with Gasteiger partial charge in [-0.15, -0.1) is 0 Å². The zero-order chi connectivity index (χ0) is 11.4. The molecular formula is C13H21NO. The van der Waals surface area contributed by atoms with Crippen LogP contribution in [0.4, 0.5) is 0 Å². The zero-order valence-electron chi connectivity index (χ0n) is 10.1. The standard InChI is InChI=1S/C13H21NO/c1-9(2)15-13-10(3)7-12(5-6-14)8-11(13)4/h7-9H,5-6,14H2,1-4H3. The minimum Gasteiger partial charge on any atom is -0.490 e. The lowest BCUT2D eigenvalue weighted by Crippen LogP contribution is -2.09. The van der Waals surface area contributed by atoms with Gasteiger partial charge in [-0.2, -0.15) is 0 Å². The molecular weight excluding hydrogens is 186 g/mol. The third-order valence-corrected chi connectivity index (χ3v) is 2.31. The molecule has 2 N–H and O–H groups in total. The molecule has 0 bridgehead atoms. The van der Waals surface area contributed by atoms with Gasteiger partial charge in [-0.1, -0.05) is 12.1 Å². The van der Waals surface area contributed by atoms with Gasteiger partial charge < -0.3 is 10.5 Å². The first-order chi connectivity index (χ1) is 7.04. The molecule has 0 amide bonds. The summed E-state index contributed by atoms with van der Waals surface area (Å²) < 4.78 is 5.78. The van der Waals surface area contributed by atoms with Gasteiger partial charge in [0.15, 0.2) is 0 Å². The summed E-state index contributed by atoms with van der Waals surface area (Å²) in [6.45, 7) is 8.97. The van der Waals surface area contributed by atoms with Crippen LogP contribution in [0.5, 0.6) is 5.75 Å². The van der Waals surface area contributed by atoms with E-state index < -0.39 is 0 Å². The van der Waals surface area contributed by atoms with E-state index in [1.165, 1.54) is 16.7 Å². The molecule has 2 nitrogen and oxygen atoms in total. The maximum atomic E-state index is 5.78. The maximum Gasteiger partial charge on any atom is 0.125 e. The quantitative estimate of drug-likeness (QED) is 0.823. The summed E-state index contributed by atoms with van der Waals surface area (Å²) in [6.07, 6.45) is 1.16. The molecule has 0 radical (unpaired) electrons. The Balaban J connectivity index is 2.98. The predicted octanol–water partition coefficient (Wildman–Crippen LogP) is 2.59. The summed E-state index contributed by atoms with van der Waals surface area (Å²) in [4.78, 5) is 0. The molecule has 1 aromatic rings. The fourth-order valence-electron chi connectivity index (χ4n) is 1.77. The molecule has 0 heterocycles. The Morgan fingerprint density at radius 3 is 2.13 bits per heavy atom. The van der Waals surface area contributed by atoms with Crippen molar-refractivity contribution in [1.29, 1.82) is 0 Å². The van der Waals surface area contributed by atoms with Gasteiger partial charge >= 0.3 is 0 Å². The first-order valence-corrected chi connectivity index (χ1v) is 5.51. The Kier molecular flexibility index (Phi) is 4.15. The molecule has 1 rings (SSSR count). The third-order valence-electron chi connectivity index (χ3n) is 2.31. The van der Waals surface area contributed by atoms with E-state index in [1.54, 1.807) is 0 Å². The molecule has 0 saturated carbocycles. The van der Waals surface area contributed by atoms with Gasteiger partial charge in [0.2, 0.25) is 0 Å². The number of aryl methyl sites for hydroxylation is 2. The zero-order valence-corrected chi connectivity index (χ0v) is 10.1. The van der Waals surface area contributed by atoms with E-state index in [2.05, 4.69) is 26.0 Å². The fraction of sp³-hybridized carbons (Fsp3) is 0.538. The number of hydrogen-bond donors (Lipinski definition) is 1. The van der Waals surface area contributed by atoms with Crippen molar-refractivity contribution in [2.75, 3.05) is 6.54 Å². The van der Waals surface area contributed by atoms with E-state index in [-0.39, 0.29) is 6.10 Å². The van der Waals surface area contributed by atoms with E-state index in [0.29, 0.717) is 6.54 Å². The second-order valence-corrected chi connectivity index (χ2v) is 4.26. The number of benzene rings is 1. The van der Waals surface area contributed by atoms with Crippen molar-refractivity contribution in [1.82, 2.24) is 0 Å². The van der Waals surface area contributed by atoms with Crippen LogP contribution in [0.1, 0.15) is 30.5 Å². The van der Waals surface area contributed by atoms with Crippen molar-refractivity contribution in [2.24, 2.45) is 5.73 Å². The van der Waals surface area contributed by atoms with E-state index in [9.17, 15) is 0 Å². The molecule has 15 heavy (non-hydrogen) atoms. The largest absolute Gasteiger partial charge is 0.490 e. The van der Waals surface area contributed by atoms with Crippen LogP contribution in [0.2, 0.25) is 0 Å². The van der Waals surface area contributed by atoms with Gasteiger partial charge in [0.05, 0.1) is 6.10 Å². The maximum absolute atomic E-state index is 5.78. The van der Waals surface area contributed by atoms with Gasteiger partial charge in [-0.3, -0.25) is 0 Å². The van der Waals surface area contributed by atoms with Crippen LogP contribution in [0.3, 0.4) is 0 Å². The lowest BCUT2D eigenvalue weighted by molar-refractivity contribution is 0.239. The first-order valence-electron chi connectivity index (χ1n) is 5.51. The normalized spacial score (nSPS) is 10.8. The molecule has 0 saturated heterocycles. The van der Waals surface area contributed by atoms with Crippen LogP contribution >= 0.6 is 0 Å². The van der Waals surface area contributed by atoms with Crippen molar-refractivity contribution in [3.63, 3.8) is 0 Å². The third kappa shape index (κ3) is 3.24. The van der Waals surface area contributed by atoms with Crippen LogP contribution in [-0.4, -0.2) is 12.6 Å². The Morgan fingerprint density at radius 1 is 1.20 bits per heavy atom. The Labute approximate surface area is 92.4 Å². The molecule has 1 aromatic carbocycles. The first kappa shape index (κ1) is 12.1. The van der Waals surface area contributed by atoms with Crippen LogP contribution in [0.15, 0.2) is 12.1 Å². The van der Waals surface area contributed by atoms with Crippen molar-refractivity contribution in [3.8, 4) is 5.75 Å². The molecule has 84 valence electrons.